The van der Waals surface area contributed by atoms with Crippen LogP contribution in [0.5, 0.6) is 0 Å². The quantitative estimate of drug-likeness (QED) is 0.0225. The predicted molar refractivity (Wildman–Crippen MR) is 528 cm³/mol. The fourth-order valence-electron chi connectivity index (χ4n) is 18.6. The molecule has 5 unspecified atom stereocenters. The number of alkyl halides is 2. The number of nitrogens with zero attached hydrogens (tertiary/aromatic N) is 10. The summed E-state index contributed by atoms with van der Waals surface area (Å²) in [5.74, 6) is -6.05. The number of halogens is 12. The summed E-state index contributed by atoms with van der Waals surface area (Å²) in [5, 5.41) is 12.2. The number of esters is 1. The largest absolute Gasteiger partial charge is 0.469 e. The van der Waals surface area contributed by atoms with Gasteiger partial charge in [-0.2, -0.15) is 0 Å². The van der Waals surface area contributed by atoms with E-state index in [0.717, 1.165) is 120 Å². The predicted octanol–water partition coefficient (Wildman–Crippen LogP) is 20.7. The average molecular weight is 1990 g/mol. The van der Waals surface area contributed by atoms with Crippen LogP contribution in [0.2, 0.25) is 0 Å². The SMILES string of the molecule is CN(C)C(=O)N1CC(c2cc(F)ccc2F)=CC1(C=O)c1ccccc1.CN(C)C(=O)N1CC(c2cc(F)ccc2F)=CC1(CCC=O)c1ccccc1.CN(C)C(=O)N1CC(c2cc(F)ccc2F)=CC1(CCCNCC(F)F)c1ccccc1.CN(C)C(=O)N1CC(c2cc(F)ccc2F)=CC1(CCCO)c1ccccc1.COC(=O)CCC1(c2ccccc2)C=C(c2cc(F)ccc2F)CN1C(=O)N(C)C. The Hall–Kier alpha value is -14.9. The Kier molecular flexibility index (Phi) is 37.1. The molecule has 0 radical (unpaired) electrons. The first-order valence-electron chi connectivity index (χ1n) is 46.3. The van der Waals surface area contributed by atoms with Crippen LogP contribution in [0, 0.1) is 58.2 Å². The van der Waals surface area contributed by atoms with Crippen molar-refractivity contribution in [3.05, 3.63) is 387 Å². The molecule has 0 bridgehead atoms. The van der Waals surface area contributed by atoms with Gasteiger partial charge in [-0.15, -0.1) is 0 Å². The molecule has 758 valence electrons. The van der Waals surface area contributed by atoms with E-state index in [2.05, 4.69) is 5.32 Å². The van der Waals surface area contributed by atoms with Gasteiger partial charge in [-0.3, -0.25) is 9.59 Å². The maximum atomic E-state index is 14.6. The van der Waals surface area contributed by atoms with Crippen LogP contribution in [0.3, 0.4) is 0 Å². The van der Waals surface area contributed by atoms with Gasteiger partial charge >= 0.3 is 36.1 Å². The van der Waals surface area contributed by atoms with E-state index in [1.165, 1.54) is 42.6 Å². The standard InChI is InChI=1S/C24H27F4N3O.C23H24F2N2O3.C22H24F2N2O2.C22H22F2N2O2.C20H18F2N2O2/c1-30(2)23(32)31-16-17(20-13-19(25)9-10-21(20)26)14-24(31,18-7-4-3-5-8-18)11-6-12-29-15-22(27)28;1-26(2)22(29)27-15-16(19-13-18(24)9-10-20(19)25)14-23(27,12-11-21(28)30-3)17-7-5-4-6-8-17;2*1-25(2)21(28)26-15-16(19-13-18(23)9-10-20(19)24)14-22(26,11-6-12-27)17-7-4-3-5-8-17;1-23(2)19(26)24-12-14(17-10-16(21)8-9-18(17)22)11-20(24,13-25)15-6-4-3-5-7-15/h3-5,7-10,13-14,22,29H,6,11-12,15-16H2,1-2H3;4-10,13-14H,11-12,15H2,1-3H3;3-5,7-10,13-14,27H,6,11-12,15H2,1-2H3;3-5,7-10,12-14H,6,11,15H2,1-2H3;3-11,13H,12H2,1-2H3. The zero-order chi connectivity index (χ0) is 105. The number of carbonyl (C=O) groups is 8. The maximum absolute atomic E-state index is 14.6. The van der Waals surface area contributed by atoms with E-state index in [4.69, 9.17) is 4.74 Å². The molecule has 2 N–H and O–H groups in total. The summed E-state index contributed by atoms with van der Waals surface area (Å²) in [6.45, 7) is 0.322. The highest BCUT2D eigenvalue weighted by Gasteiger charge is 2.52. The molecule has 10 aromatic rings. The number of methoxy groups -OCH3 is 1. The number of hydrogen-bond acceptors (Lipinski definition) is 11. The lowest BCUT2D eigenvalue weighted by Gasteiger charge is -2.40. The van der Waals surface area contributed by atoms with Gasteiger partial charge in [-0.05, 0) is 222 Å². The highest BCUT2D eigenvalue weighted by Crippen LogP contribution is 2.51. The Morgan fingerprint density at radius 2 is 0.611 bits per heavy atom. The fourth-order valence-corrected chi connectivity index (χ4v) is 18.6. The van der Waals surface area contributed by atoms with Gasteiger partial charge < -0.3 is 69.0 Å². The number of aldehydes is 2. The molecule has 21 nitrogen and oxygen atoms in total. The first-order chi connectivity index (χ1) is 68.7. The summed E-state index contributed by atoms with van der Waals surface area (Å²) >= 11 is 0. The number of aliphatic hydroxyl groups is 1. The molecule has 144 heavy (non-hydrogen) atoms. The third kappa shape index (κ3) is 24.9. The summed E-state index contributed by atoms with van der Waals surface area (Å²) in [6, 6.07) is 60.9. The molecule has 0 saturated carbocycles. The number of hydrogen-bond donors (Lipinski definition) is 2. The second-order valence-electron chi connectivity index (χ2n) is 36.1. The molecule has 5 aliphatic rings. The van der Waals surface area contributed by atoms with Gasteiger partial charge in [0, 0.05) is 150 Å². The fraction of sp³-hybridized carbons (Fsp3) is 0.297. The minimum atomic E-state index is -2.45. The molecule has 5 atom stereocenters. The number of benzene rings is 10. The zero-order valence-electron chi connectivity index (χ0n) is 81.7. The van der Waals surface area contributed by atoms with Crippen LogP contribution in [-0.2, 0) is 46.8 Å². The summed E-state index contributed by atoms with van der Waals surface area (Å²) < 4.78 is 171. The number of rotatable bonds is 26. The lowest BCUT2D eigenvalue weighted by Crippen LogP contribution is -2.50. The monoisotopic (exact) mass is 1990 g/mol. The van der Waals surface area contributed by atoms with E-state index in [0.29, 0.717) is 78.4 Å². The molecular weight excluding hydrogens is 1880 g/mol. The number of carbonyl (C=O) groups excluding carboxylic acids is 8. The first kappa shape index (κ1) is 110. The zero-order valence-corrected chi connectivity index (χ0v) is 81.7. The molecule has 0 fully saturated rings. The van der Waals surface area contributed by atoms with Gasteiger partial charge in [-0.25, -0.2) is 76.7 Å². The summed E-state index contributed by atoms with van der Waals surface area (Å²) in [5.41, 5.74) is 1.73. The van der Waals surface area contributed by atoms with E-state index >= 15 is 0 Å². The van der Waals surface area contributed by atoms with Gasteiger partial charge in [0.2, 0.25) is 0 Å². The van der Waals surface area contributed by atoms with Crippen molar-refractivity contribution in [3.63, 3.8) is 0 Å². The topological polar surface area (TPSA) is 210 Å². The van der Waals surface area contributed by atoms with Crippen LogP contribution in [0.25, 0.3) is 27.9 Å². The summed E-state index contributed by atoms with van der Waals surface area (Å²) in [7, 11) is 17.5. The van der Waals surface area contributed by atoms with Crippen LogP contribution in [0.4, 0.5) is 76.7 Å². The van der Waals surface area contributed by atoms with E-state index < -0.39 is 111 Å². The number of amides is 10. The summed E-state index contributed by atoms with van der Waals surface area (Å²) in [4.78, 5) is 115. The van der Waals surface area contributed by atoms with Crippen molar-refractivity contribution in [1.29, 1.82) is 0 Å². The molecule has 15 rings (SSSR count). The second-order valence-corrected chi connectivity index (χ2v) is 36.1. The Bertz CT molecular complexity index is 6380. The number of ether oxygens (including phenoxy) is 1. The van der Waals surface area contributed by atoms with Crippen LogP contribution < -0.4 is 5.32 Å². The summed E-state index contributed by atoms with van der Waals surface area (Å²) in [6.07, 6.45) is 10.5. The van der Waals surface area contributed by atoms with Gasteiger partial charge in [0.05, 0.1) is 35.8 Å². The van der Waals surface area contributed by atoms with Crippen LogP contribution in [0.15, 0.2) is 273 Å². The number of aliphatic hydroxyl groups excluding tert-OH is 1. The van der Waals surface area contributed by atoms with Gasteiger partial charge in [-0.1, -0.05) is 152 Å². The molecule has 10 aromatic carbocycles. The van der Waals surface area contributed by atoms with Crippen molar-refractivity contribution < 1.29 is 101 Å². The van der Waals surface area contributed by atoms with E-state index in [-0.39, 0.29) is 111 Å². The minimum absolute atomic E-state index is 0.00891. The Labute approximate surface area is 829 Å². The molecule has 0 spiro atoms. The number of urea groups is 5. The van der Waals surface area contributed by atoms with Gasteiger partial charge in [0.15, 0.2) is 6.29 Å². The highest BCUT2D eigenvalue weighted by atomic mass is 19.3. The van der Waals surface area contributed by atoms with E-state index in [1.54, 1.807) is 133 Å². The van der Waals surface area contributed by atoms with Crippen molar-refractivity contribution in [2.24, 2.45) is 0 Å². The minimum Gasteiger partial charge on any atom is -0.469 e. The third-order valence-electron chi connectivity index (χ3n) is 25.5. The normalized spacial score (nSPS) is 18.6. The van der Waals surface area contributed by atoms with Crippen molar-refractivity contribution in [2.45, 2.75) is 85.5 Å². The molecule has 5 heterocycles. The van der Waals surface area contributed by atoms with Crippen molar-refractivity contribution in [1.82, 2.24) is 54.3 Å². The van der Waals surface area contributed by atoms with Gasteiger partial charge in [0.1, 0.15) is 70.0 Å². The number of nitrogens with one attached hydrogen (secondary N) is 1. The highest BCUT2D eigenvalue weighted by molar-refractivity contribution is 5.92. The molecule has 5 aliphatic heterocycles. The average Bonchev–Trinajstić information content (AvgIpc) is 1.61. The van der Waals surface area contributed by atoms with Crippen molar-refractivity contribution >= 4 is 76.6 Å². The molecule has 33 heteroatoms. The maximum Gasteiger partial charge on any atom is 0.321 e. The Morgan fingerprint density at radius 3 is 0.875 bits per heavy atom. The smallest absolute Gasteiger partial charge is 0.321 e. The van der Waals surface area contributed by atoms with E-state index in [1.807, 2.05) is 133 Å². The molecule has 10 amide bonds. The van der Waals surface area contributed by atoms with Crippen molar-refractivity contribution in [3.8, 4) is 0 Å². The second kappa shape index (κ2) is 48.7. The first-order valence-corrected chi connectivity index (χ1v) is 46.3. The van der Waals surface area contributed by atoms with Gasteiger partial charge in [0.25, 0.3) is 6.43 Å². The Morgan fingerprint density at radius 1 is 0.354 bits per heavy atom. The molecular formula is C111H115F12N11O10. The molecule has 0 saturated heterocycles. The van der Waals surface area contributed by atoms with Crippen LogP contribution in [0.1, 0.15) is 107 Å². The Balaban J connectivity index is 0.000000172. The lowest BCUT2D eigenvalue weighted by atomic mass is 9.84. The van der Waals surface area contributed by atoms with Crippen molar-refractivity contribution in [2.75, 3.05) is 130 Å². The lowest BCUT2D eigenvalue weighted by molar-refractivity contribution is -0.141. The van der Waals surface area contributed by atoms with Crippen LogP contribution in [-0.4, -0.2) is 239 Å². The molecule has 0 aliphatic carbocycles. The van der Waals surface area contributed by atoms with Crippen LogP contribution >= 0.6 is 0 Å². The molecule has 0 aromatic heterocycles. The van der Waals surface area contributed by atoms with E-state index in [9.17, 15) is 96.1 Å². The third-order valence-corrected chi connectivity index (χ3v) is 25.5.